The summed E-state index contributed by atoms with van der Waals surface area (Å²) in [5.74, 6) is 0.461. The Morgan fingerprint density at radius 1 is 1.37 bits per heavy atom. The molecule has 1 aromatic carbocycles. The molecule has 0 bridgehead atoms. The van der Waals surface area contributed by atoms with Gasteiger partial charge in [0.05, 0.1) is 6.61 Å². The monoisotopic (exact) mass is 260 g/mol. The van der Waals surface area contributed by atoms with Crippen LogP contribution >= 0.6 is 0 Å². The summed E-state index contributed by atoms with van der Waals surface area (Å²) in [6, 6.07) is 7.58. The van der Waals surface area contributed by atoms with E-state index in [1.165, 1.54) is 0 Å². The van der Waals surface area contributed by atoms with Crippen LogP contribution in [0.15, 0.2) is 30.5 Å². The topological polar surface area (TPSA) is 54.1 Å². The number of nitrogens with one attached hydrogen (secondary N) is 2. The molecule has 19 heavy (non-hydrogen) atoms. The molecule has 102 valence electrons. The summed E-state index contributed by atoms with van der Waals surface area (Å²) in [4.78, 5) is 15.2. The number of amides is 1. The molecule has 0 aliphatic heterocycles. The third-order valence-corrected chi connectivity index (χ3v) is 2.82. The summed E-state index contributed by atoms with van der Waals surface area (Å²) >= 11 is 0. The van der Waals surface area contributed by atoms with Gasteiger partial charge in [-0.1, -0.05) is 19.9 Å². The van der Waals surface area contributed by atoms with Gasteiger partial charge in [0.1, 0.15) is 0 Å². The number of carbonyl (C=O) groups is 1. The first-order chi connectivity index (χ1) is 9.18. The number of benzene rings is 1. The van der Waals surface area contributed by atoms with Crippen molar-refractivity contribution in [3.05, 3.63) is 36.0 Å². The molecular weight excluding hydrogens is 240 g/mol. The molecular formula is C15H20N2O2. The molecule has 4 nitrogen and oxygen atoms in total. The molecule has 0 radical (unpaired) electrons. The molecule has 0 saturated heterocycles. The zero-order chi connectivity index (χ0) is 13.7. The Hall–Kier alpha value is -1.81. The number of fused-ring (bicyclic) bond motifs is 1. The molecule has 1 heterocycles. The van der Waals surface area contributed by atoms with E-state index in [2.05, 4.69) is 24.1 Å². The summed E-state index contributed by atoms with van der Waals surface area (Å²) in [6.07, 6.45) is 1.84. The van der Waals surface area contributed by atoms with E-state index in [9.17, 15) is 4.79 Å². The lowest BCUT2D eigenvalue weighted by atomic mass is 10.1. The third-order valence-electron chi connectivity index (χ3n) is 2.82. The first-order valence-corrected chi connectivity index (χ1v) is 6.60. The van der Waals surface area contributed by atoms with E-state index in [1.807, 2.05) is 30.5 Å². The molecule has 0 spiro atoms. The average Bonchev–Trinajstić information content (AvgIpc) is 2.85. The highest BCUT2D eigenvalue weighted by Crippen LogP contribution is 2.16. The van der Waals surface area contributed by atoms with Crippen LogP contribution in [0.2, 0.25) is 0 Å². The lowest BCUT2D eigenvalue weighted by Gasteiger charge is -2.08. The highest BCUT2D eigenvalue weighted by atomic mass is 16.5. The minimum absolute atomic E-state index is 0.0571. The molecule has 0 aliphatic rings. The predicted molar refractivity (Wildman–Crippen MR) is 76.3 cm³/mol. The standard InChI is InChI=1S/C15H20N2O2/c1-11(2)10-19-9-8-17-15(18)13-4-3-5-14-12(13)6-7-16-14/h3-7,11,16H,8-10H2,1-2H3,(H,17,18). The number of aromatic nitrogens is 1. The van der Waals surface area contributed by atoms with Crippen LogP contribution in [0.3, 0.4) is 0 Å². The van der Waals surface area contributed by atoms with Gasteiger partial charge in [-0.25, -0.2) is 0 Å². The van der Waals surface area contributed by atoms with Gasteiger partial charge in [0.15, 0.2) is 0 Å². The molecule has 0 unspecified atom stereocenters. The minimum Gasteiger partial charge on any atom is -0.379 e. The first kappa shape index (κ1) is 13.6. The average molecular weight is 260 g/mol. The zero-order valence-corrected chi connectivity index (χ0v) is 11.4. The lowest BCUT2D eigenvalue weighted by molar-refractivity contribution is 0.0887. The Morgan fingerprint density at radius 2 is 2.21 bits per heavy atom. The van der Waals surface area contributed by atoms with E-state index in [1.54, 1.807) is 0 Å². The van der Waals surface area contributed by atoms with Crippen molar-refractivity contribution < 1.29 is 9.53 Å². The fourth-order valence-corrected chi connectivity index (χ4v) is 1.93. The van der Waals surface area contributed by atoms with Gasteiger partial charge in [0, 0.05) is 35.8 Å². The van der Waals surface area contributed by atoms with Crippen molar-refractivity contribution in [1.29, 1.82) is 0 Å². The van der Waals surface area contributed by atoms with Crippen molar-refractivity contribution in [2.24, 2.45) is 5.92 Å². The highest BCUT2D eigenvalue weighted by Gasteiger charge is 2.09. The van der Waals surface area contributed by atoms with Crippen molar-refractivity contribution in [3.8, 4) is 0 Å². The Morgan fingerprint density at radius 3 is 3.00 bits per heavy atom. The summed E-state index contributed by atoms with van der Waals surface area (Å²) in [7, 11) is 0. The van der Waals surface area contributed by atoms with Crippen LogP contribution < -0.4 is 5.32 Å². The molecule has 2 aromatic rings. The second kappa shape index (κ2) is 6.38. The van der Waals surface area contributed by atoms with Gasteiger partial charge in [-0.15, -0.1) is 0 Å². The lowest BCUT2D eigenvalue weighted by Crippen LogP contribution is -2.27. The Labute approximate surface area is 113 Å². The number of H-pyrrole nitrogens is 1. The Bertz CT molecular complexity index is 546. The number of hydrogen-bond donors (Lipinski definition) is 2. The van der Waals surface area contributed by atoms with Crippen LogP contribution in [-0.4, -0.2) is 30.6 Å². The van der Waals surface area contributed by atoms with E-state index in [0.717, 1.165) is 17.5 Å². The van der Waals surface area contributed by atoms with E-state index < -0.39 is 0 Å². The summed E-state index contributed by atoms with van der Waals surface area (Å²) < 4.78 is 5.43. The van der Waals surface area contributed by atoms with E-state index in [0.29, 0.717) is 24.6 Å². The molecule has 0 saturated carbocycles. The van der Waals surface area contributed by atoms with Gasteiger partial charge in [-0.05, 0) is 24.1 Å². The van der Waals surface area contributed by atoms with Crippen molar-refractivity contribution in [2.75, 3.05) is 19.8 Å². The molecule has 4 heteroatoms. The molecule has 1 amide bonds. The van der Waals surface area contributed by atoms with Gasteiger partial charge in [0.25, 0.3) is 5.91 Å². The van der Waals surface area contributed by atoms with Crippen molar-refractivity contribution >= 4 is 16.8 Å². The van der Waals surface area contributed by atoms with E-state index in [4.69, 9.17) is 4.74 Å². The quantitative estimate of drug-likeness (QED) is 0.784. The first-order valence-electron chi connectivity index (χ1n) is 6.60. The second-order valence-corrected chi connectivity index (χ2v) is 4.97. The van der Waals surface area contributed by atoms with Crippen molar-refractivity contribution in [2.45, 2.75) is 13.8 Å². The Balaban J connectivity index is 1.88. The fraction of sp³-hybridized carbons (Fsp3) is 0.400. The number of aromatic amines is 1. The van der Waals surface area contributed by atoms with Gasteiger partial charge < -0.3 is 15.0 Å². The summed E-state index contributed by atoms with van der Waals surface area (Å²) in [6.45, 7) is 6.01. The normalized spacial score (nSPS) is 11.1. The van der Waals surface area contributed by atoms with Crippen LogP contribution in [0.5, 0.6) is 0 Å². The van der Waals surface area contributed by atoms with Crippen molar-refractivity contribution in [1.82, 2.24) is 10.3 Å². The smallest absolute Gasteiger partial charge is 0.252 e. The van der Waals surface area contributed by atoms with E-state index >= 15 is 0 Å². The fourth-order valence-electron chi connectivity index (χ4n) is 1.93. The predicted octanol–water partition coefficient (Wildman–Crippen LogP) is 2.57. The van der Waals surface area contributed by atoms with Gasteiger partial charge in [0.2, 0.25) is 0 Å². The van der Waals surface area contributed by atoms with Crippen LogP contribution in [0, 0.1) is 5.92 Å². The third kappa shape index (κ3) is 3.58. The number of hydrogen-bond acceptors (Lipinski definition) is 2. The minimum atomic E-state index is -0.0571. The Kier molecular flexibility index (Phi) is 4.58. The summed E-state index contributed by atoms with van der Waals surface area (Å²) in [5, 5.41) is 3.82. The summed E-state index contributed by atoms with van der Waals surface area (Å²) in [5.41, 5.74) is 1.67. The molecule has 0 atom stereocenters. The van der Waals surface area contributed by atoms with Crippen LogP contribution in [0.4, 0.5) is 0 Å². The maximum Gasteiger partial charge on any atom is 0.252 e. The molecule has 0 aliphatic carbocycles. The zero-order valence-electron chi connectivity index (χ0n) is 11.4. The van der Waals surface area contributed by atoms with Crippen LogP contribution in [-0.2, 0) is 4.74 Å². The maximum absolute atomic E-state index is 12.1. The van der Waals surface area contributed by atoms with Gasteiger partial charge >= 0.3 is 0 Å². The van der Waals surface area contributed by atoms with Crippen LogP contribution in [0.1, 0.15) is 24.2 Å². The van der Waals surface area contributed by atoms with Gasteiger partial charge in [-0.3, -0.25) is 4.79 Å². The SMILES string of the molecule is CC(C)COCCNC(=O)c1cccc2[nH]ccc12. The number of ether oxygens (including phenoxy) is 1. The molecule has 0 fully saturated rings. The van der Waals surface area contributed by atoms with E-state index in [-0.39, 0.29) is 5.91 Å². The largest absolute Gasteiger partial charge is 0.379 e. The maximum atomic E-state index is 12.1. The molecule has 1 aromatic heterocycles. The highest BCUT2D eigenvalue weighted by molar-refractivity contribution is 6.06. The van der Waals surface area contributed by atoms with Crippen molar-refractivity contribution in [3.63, 3.8) is 0 Å². The molecule has 2 rings (SSSR count). The molecule has 2 N–H and O–H groups in total. The van der Waals surface area contributed by atoms with Crippen LogP contribution in [0.25, 0.3) is 10.9 Å². The van der Waals surface area contributed by atoms with Gasteiger partial charge in [-0.2, -0.15) is 0 Å². The number of rotatable bonds is 6. The number of carbonyl (C=O) groups excluding carboxylic acids is 1. The second-order valence-electron chi connectivity index (χ2n) is 4.97.